The Morgan fingerprint density at radius 1 is 1.29 bits per heavy atom. The lowest BCUT2D eigenvalue weighted by Gasteiger charge is -2.43. The first-order valence-electron chi connectivity index (χ1n) is 7.43. The zero-order valence-corrected chi connectivity index (χ0v) is 13.2. The molecule has 0 radical (unpaired) electrons. The second-order valence-corrected chi connectivity index (χ2v) is 6.53. The van der Waals surface area contributed by atoms with Gasteiger partial charge in [0, 0.05) is 18.9 Å². The SMILES string of the molecule is CCC1C(=O)NC(C(C)(C)C)C(=O)N1CCn1cccn1. The van der Waals surface area contributed by atoms with Crippen molar-refractivity contribution < 1.29 is 9.59 Å². The van der Waals surface area contributed by atoms with Crippen molar-refractivity contribution >= 4 is 11.8 Å². The number of nitrogens with one attached hydrogen (secondary N) is 1. The number of hydrogen-bond acceptors (Lipinski definition) is 3. The summed E-state index contributed by atoms with van der Waals surface area (Å²) in [6, 6.07) is 0.997. The molecule has 1 aliphatic heterocycles. The van der Waals surface area contributed by atoms with Crippen LogP contribution in [0, 0.1) is 5.41 Å². The van der Waals surface area contributed by atoms with Crippen molar-refractivity contribution in [1.29, 1.82) is 0 Å². The van der Waals surface area contributed by atoms with Gasteiger partial charge in [0.05, 0.1) is 6.54 Å². The Labute approximate surface area is 125 Å². The van der Waals surface area contributed by atoms with Gasteiger partial charge >= 0.3 is 0 Å². The van der Waals surface area contributed by atoms with Crippen LogP contribution in [0.4, 0.5) is 0 Å². The molecule has 2 atom stereocenters. The third-order valence-corrected chi connectivity index (χ3v) is 3.88. The largest absolute Gasteiger partial charge is 0.342 e. The Balaban J connectivity index is 2.16. The second-order valence-electron chi connectivity index (χ2n) is 6.53. The molecule has 21 heavy (non-hydrogen) atoms. The lowest BCUT2D eigenvalue weighted by atomic mass is 9.83. The summed E-state index contributed by atoms with van der Waals surface area (Å²) in [5, 5.41) is 7.02. The molecular formula is C15H24N4O2. The van der Waals surface area contributed by atoms with Gasteiger partial charge in [-0.05, 0) is 17.9 Å². The lowest BCUT2D eigenvalue weighted by Crippen LogP contribution is -2.66. The molecule has 1 fully saturated rings. The third kappa shape index (κ3) is 3.25. The van der Waals surface area contributed by atoms with Gasteiger partial charge in [-0.15, -0.1) is 0 Å². The Morgan fingerprint density at radius 3 is 2.52 bits per heavy atom. The fourth-order valence-electron chi connectivity index (χ4n) is 2.66. The summed E-state index contributed by atoms with van der Waals surface area (Å²) in [6.07, 6.45) is 4.18. The predicted octanol–water partition coefficient (Wildman–Crippen LogP) is 1.03. The van der Waals surface area contributed by atoms with Crippen molar-refractivity contribution in [2.24, 2.45) is 5.41 Å². The number of piperazine rings is 1. The average Bonchev–Trinajstić information content (AvgIpc) is 2.91. The molecule has 2 amide bonds. The Morgan fingerprint density at radius 2 is 2.00 bits per heavy atom. The van der Waals surface area contributed by atoms with Gasteiger partial charge in [-0.3, -0.25) is 14.3 Å². The molecule has 1 aromatic rings. The number of rotatable bonds is 4. The Kier molecular flexibility index (Phi) is 4.34. The molecule has 0 aromatic carbocycles. The summed E-state index contributed by atoms with van der Waals surface area (Å²) in [7, 11) is 0. The van der Waals surface area contributed by atoms with Gasteiger partial charge in [-0.1, -0.05) is 27.7 Å². The molecule has 0 bridgehead atoms. The Bertz CT molecular complexity index is 504. The van der Waals surface area contributed by atoms with Crippen molar-refractivity contribution in [3.8, 4) is 0 Å². The number of carbonyl (C=O) groups excluding carboxylic acids is 2. The molecule has 0 spiro atoms. The van der Waals surface area contributed by atoms with Crippen LogP contribution in [-0.4, -0.2) is 45.1 Å². The highest BCUT2D eigenvalue weighted by Crippen LogP contribution is 2.25. The van der Waals surface area contributed by atoms with Gasteiger partial charge in [-0.2, -0.15) is 5.10 Å². The van der Waals surface area contributed by atoms with Gasteiger partial charge in [0.1, 0.15) is 12.1 Å². The standard InChI is InChI=1S/C15H24N4O2/c1-5-11-13(20)17-12(15(2,3)4)14(21)19(11)10-9-18-8-6-7-16-18/h6-8,11-12H,5,9-10H2,1-4H3,(H,17,20). The van der Waals surface area contributed by atoms with Gasteiger partial charge in [0.15, 0.2) is 0 Å². The molecule has 0 aliphatic carbocycles. The molecule has 2 rings (SSSR count). The Hall–Kier alpha value is -1.85. The van der Waals surface area contributed by atoms with Crippen molar-refractivity contribution in [1.82, 2.24) is 20.0 Å². The van der Waals surface area contributed by atoms with Crippen LogP contribution in [0.25, 0.3) is 0 Å². The number of aromatic nitrogens is 2. The number of carbonyl (C=O) groups is 2. The van der Waals surface area contributed by atoms with Crippen molar-refractivity contribution in [2.45, 2.75) is 52.7 Å². The molecule has 6 nitrogen and oxygen atoms in total. The fraction of sp³-hybridized carbons (Fsp3) is 0.667. The molecule has 6 heteroatoms. The zero-order valence-electron chi connectivity index (χ0n) is 13.2. The summed E-state index contributed by atoms with van der Waals surface area (Å²) in [5.74, 6) is -0.0569. The zero-order chi connectivity index (χ0) is 15.6. The number of nitrogens with zero attached hydrogens (tertiary/aromatic N) is 3. The lowest BCUT2D eigenvalue weighted by molar-refractivity contribution is -0.152. The van der Waals surface area contributed by atoms with Crippen LogP contribution in [0.15, 0.2) is 18.5 Å². The summed E-state index contributed by atoms with van der Waals surface area (Å²) >= 11 is 0. The van der Waals surface area contributed by atoms with E-state index in [9.17, 15) is 9.59 Å². The topological polar surface area (TPSA) is 67.2 Å². The van der Waals surface area contributed by atoms with Gasteiger partial charge in [-0.25, -0.2) is 0 Å². The molecule has 1 N–H and O–H groups in total. The number of hydrogen-bond donors (Lipinski definition) is 1. The van der Waals surface area contributed by atoms with E-state index in [4.69, 9.17) is 0 Å². The minimum Gasteiger partial charge on any atom is -0.342 e. The van der Waals surface area contributed by atoms with E-state index in [-0.39, 0.29) is 23.3 Å². The van der Waals surface area contributed by atoms with E-state index >= 15 is 0 Å². The van der Waals surface area contributed by atoms with Gasteiger partial charge < -0.3 is 10.2 Å². The van der Waals surface area contributed by atoms with Crippen LogP contribution in [0.3, 0.4) is 0 Å². The van der Waals surface area contributed by atoms with Crippen LogP contribution >= 0.6 is 0 Å². The second kappa shape index (κ2) is 5.87. The molecule has 2 heterocycles. The van der Waals surface area contributed by atoms with Crippen molar-refractivity contribution in [2.75, 3.05) is 6.54 Å². The van der Waals surface area contributed by atoms with Crippen molar-refractivity contribution in [3.05, 3.63) is 18.5 Å². The molecule has 2 unspecified atom stereocenters. The molecule has 0 saturated carbocycles. The van der Waals surface area contributed by atoms with Crippen LogP contribution in [-0.2, 0) is 16.1 Å². The van der Waals surface area contributed by atoms with Crippen LogP contribution in [0.2, 0.25) is 0 Å². The summed E-state index contributed by atoms with van der Waals surface area (Å²) in [5.41, 5.74) is -0.296. The van der Waals surface area contributed by atoms with Crippen molar-refractivity contribution in [3.63, 3.8) is 0 Å². The predicted molar refractivity (Wildman–Crippen MR) is 79.4 cm³/mol. The summed E-state index contributed by atoms with van der Waals surface area (Å²) in [4.78, 5) is 26.7. The maximum Gasteiger partial charge on any atom is 0.246 e. The highest BCUT2D eigenvalue weighted by Gasteiger charge is 2.44. The smallest absolute Gasteiger partial charge is 0.246 e. The van der Waals surface area contributed by atoms with Gasteiger partial charge in [0.2, 0.25) is 11.8 Å². The molecule has 1 aromatic heterocycles. The van der Waals surface area contributed by atoms with E-state index in [0.29, 0.717) is 19.5 Å². The van der Waals surface area contributed by atoms with Crippen LogP contribution in [0.5, 0.6) is 0 Å². The molecule has 1 aliphatic rings. The van der Waals surface area contributed by atoms with E-state index < -0.39 is 6.04 Å². The van der Waals surface area contributed by atoms with Gasteiger partial charge in [0.25, 0.3) is 0 Å². The first kappa shape index (κ1) is 15.5. The molecule has 1 saturated heterocycles. The summed E-state index contributed by atoms with van der Waals surface area (Å²) in [6.45, 7) is 8.92. The van der Waals surface area contributed by atoms with Crippen LogP contribution in [0.1, 0.15) is 34.1 Å². The monoisotopic (exact) mass is 292 g/mol. The normalized spacial score (nSPS) is 23.3. The van der Waals surface area contributed by atoms with E-state index in [2.05, 4.69) is 10.4 Å². The van der Waals surface area contributed by atoms with Crippen LogP contribution < -0.4 is 5.32 Å². The van der Waals surface area contributed by atoms with E-state index in [0.717, 1.165) is 0 Å². The first-order chi connectivity index (χ1) is 9.84. The first-order valence-corrected chi connectivity index (χ1v) is 7.43. The minimum absolute atomic E-state index is 0.00102. The quantitative estimate of drug-likeness (QED) is 0.901. The summed E-state index contributed by atoms with van der Waals surface area (Å²) < 4.78 is 1.78. The maximum atomic E-state index is 12.7. The van der Waals surface area contributed by atoms with E-state index in [1.165, 1.54) is 0 Å². The highest BCUT2D eigenvalue weighted by molar-refractivity contribution is 5.97. The molecular weight excluding hydrogens is 268 g/mol. The highest BCUT2D eigenvalue weighted by atomic mass is 16.2. The third-order valence-electron chi connectivity index (χ3n) is 3.88. The average molecular weight is 292 g/mol. The maximum absolute atomic E-state index is 12.7. The minimum atomic E-state index is -0.467. The van der Waals surface area contributed by atoms with E-state index in [1.54, 1.807) is 15.8 Å². The van der Waals surface area contributed by atoms with E-state index in [1.807, 2.05) is 40.0 Å². The number of amides is 2. The molecule has 116 valence electrons. The fourth-order valence-corrected chi connectivity index (χ4v) is 2.66.